The zero-order valence-corrected chi connectivity index (χ0v) is 11.6. The molecule has 5 N–H and O–H groups in total. The topological polar surface area (TPSA) is 81.1 Å². The van der Waals surface area contributed by atoms with Gasteiger partial charge in [-0.3, -0.25) is 4.79 Å². The largest absolute Gasteiger partial charge is 0.399 e. The van der Waals surface area contributed by atoms with Gasteiger partial charge in [-0.15, -0.1) is 0 Å². The predicted octanol–water partition coefficient (Wildman–Crippen LogP) is 3.56. The van der Waals surface area contributed by atoms with E-state index in [1.165, 1.54) is 30.3 Å². The maximum atomic E-state index is 13.2. The molecule has 0 aliphatic heterocycles. The van der Waals surface area contributed by atoms with Crippen LogP contribution in [0.5, 0.6) is 0 Å². The van der Waals surface area contributed by atoms with Gasteiger partial charge in [-0.25, -0.2) is 4.39 Å². The fraction of sp³-hybridized carbons (Fsp3) is 0. The number of halogens is 3. The number of anilines is 3. The van der Waals surface area contributed by atoms with E-state index < -0.39 is 11.7 Å². The van der Waals surface area contributed by atoms with Gasteiger partial charge in [-0.1, -0.05) is 23.2 Å². The first-order valence-corrected chi connectivity index (χ1v) is 6.25. The number of amides is 1. The second-order valence-electron chi connectivity index (χ2n) is 4.04. The Bertz CT molecular complexity index is 692. The van der Waals surface area contributed by atoms with E-state index in [2.05, 4.69) is 5.32 Å². The van der Waals surface area contributed by atoms with Gasteiger partial charge in [0.2, 0.25) is 0 Å². The molecule has 0 saturated heterocycles. The van der Waals surface area contributed by atoms with Gasteiger partial charge >= 0.3 is 0 Å². The van der Waals surface area contributed by atoms with Gasteiger partial charge in [0.15, 0.2) is 0 Å². The summed E-state index contributed by atoms with van der Waals surface area (Å²) in [7, 11) is 0. The molecule has 20 heavy (non-hydrogen) atoms. The first-order valence-electron chi connectivity index (χ1n) is 5.49. The van der Waals surface area contributed by atoms with Crippen molar-refractivity contribution in [1.82, 2.24) is 0 Å². The molecule has 2 rings (SSSR count). The van der Waals surface area contributed by atoms with Crippen LogP contribution in [0.15, 0.2) is 30.3 Å². The van der Waals surface area contributed by atoms with E-state index in [0.717, 1.165) is 0 Å². The summed E-state index contributed by atoms with van der Waals surface area (Å²) in [6.45, 7) is 0. The zero-order chi connectivity index (χ0) is 14.9. The molecule has 0 aliphatic rings. The van der Waals surface area contributed by atoms with Gasteiger partial charge in [-0.2, -0.15) is 0 Å². The van der Waals surface area contributed by atoms with Crippen molar-refractivity contribution < 1.29 is 9.18 Å². The third kappa shape index (κ3) is 2.95. The number of carbonyl (C=O) groups is 1. The van der Waals surface area contributed by atoms with Crippen LogP contribution in [-0.4, -0.2) is 5.91 Å². The average Bonchev–Trinajstić information content (AvgIpc) is 2.36. The second kappa shape index (κ2) is 5.56. The van der Waals surface area contributed by atoms with Crippen molar-refractivity contribution in [2.24, 2.45) is 5.73 Å². The van der Waals surface area contributed by atoms with E-state index in [1.54, 1.807) is 0 Å². The van der Waals surface area contributed by atoms with Crippen molar-refractivity contribution in [3.8, 4) is 0 Å². The lowest BCUT2D eigenvalue weighted by Gasteiger charge is -2.14. The highest BCUT2D eigenvalue weighted by molar-refractivity contribution is 6.35. The summed E-state index contributed by atoms with van der Waals surface area (Å²) in [5, 5.41) is 3.25. The number of carbonyl (C=O) groups excluding carboxylic acids is 1. The van der Waals surface area contributed by atoms with Crippen LogP contribution in [0.3, 0.4) is 0 Å². The summed E-state index contributed by atoms with van der Waals surface area (Å²) in [6, 6.07) is 6.61. The first-order chi connectivity index (χ1) is 9.38. The van der Waals surface area contributed by atoms with Crippen LogP contribution in [0.25, 0.3) is 0 Å². The number of rotatable bonds is 3. The van der Waals surface area contributed by atoms with Crippen molar-refractivity contribution in [3.63, 3.8) is 0 Å². The Balaban J connectivity index is 2.53. The van der Waals surface area contributed by atoms with Crippen molar-refractivity contribution in [2.45, 2.75) is 0 Å². The summed E-state index contributed by atoms with van der Waals surface area (Å²) in [5.74, 6) is -1.20. The van der Waals surface area contributed by atoms with Gasteiger partial charge in [-0.05, 0) is 30.3 Å². The van der Waals surface area contributed by atoms with Crippen LogP contribution >= 0.6 is 23.2 Å². The summed E-state index contributed by atoms with van der Waals surface area (Å²) < 4.78 is 13.2. The number of hydrogen-bond donors (Lipinski definition) is 3. The minimum Gasteiger partial charge on any atom is -0.399 e. The van der Waals surface area contributed by atoms with Gasteiger partial charge in [0.05, 0.1) is 27.0 Å². The van der Waals surface area contributed by atoms with Crippen molar-refractivity contribution in [2.75, 3.05) is 11.1 Å². The number of primary amides is 1. The summed E-state index contributed by atoms with van der Waals surface area (Å²) in [4.78, 5) is 11.4. The molecule has 0 aromatic heterocycles. The number of hydrogen-bond acceptors (Lipinski definition) is 3. The van der Waals surface area contributed by atoms with Crippen LogP contribution in [0, 0.1) is 5.82 Å². The highest BCUT2D eigenvalue weighted by atomic mass is 35.5. The van der Waals surface area contributed by atoms with Gasteiger partial charge < -0.3 is 16.8 Å². The Kier molecular flexibility index (Phi) is 4.01. The molecule has 0 aliphatic carbocycles. The molecule has 2 aromatic rings. The summed E-state index contributed by atoms with van der Waals surface area (Å²) in [6.07, 6.45) is 0. The van der Waals surface area contributed by atoms with Crippen LogP contribution in [0.1, 0.15) is 10.4 Å². The van der Waals surface area contributed by atoms with E-state index in [-0.39, 0.29) is 27.0 Å². The highest BCUT2D eigenvalue weighted by Gasteiger charge is 2.15. The van der Waals surface area contributed by atoms with E-state index in [9.17, 15) is 9.18 Å². The number of benzene rings is 2. The molecular formula is C13H10Cl2FN3O. The lowest BCUT2D eigenvalue weighted by atomic mass is 10.1. The summed E-state index contributed by atoms with van der Waals surface area (Å²) in [5.41, 5.74) is 11.8. The fourth-order valence-corrected chi connectivity index (χ4v) is 2.12. The second-order valence-corrected chi connectivity index (χ2v) is 4.85. The molecule has 0 heterocycles. The molecule has 2 aromatic carbocycles. The zero-order valence-electron chi connectivity index (χ0n) is 10.1. The Labute approximate surface area is 124 Å². The van der Waals surface area contributed by atoms with Gasteiger partial charge in [0.1, 0.15) is 5.82 Å². The highest BCUT2D eigenvalue weighted by Crippen LogP contribution is 2.34. The average molecular weight is 314 g/mol. The van der Waals surface area contributed by atoms with E-state index in [1.807, 2.05) is 0 Å². The Morgan fingerprint density at radius 3 is 2.50 bits per heavy atom. The molecule has 0 spiro atoms. The molecular weight excluding hydrogens is 304 g/mol. The molecule has 4 nitrogen and oxygen atoms in total. The number of nitrogen functional groups attached to an aromatic ring is 1. The molecule has 0 fully saturated rings. The van der Waals surface area contributed by atoms with Crippen LogP contribution in [0.2, 0.25) is 10.0 Å². The lowest BCUT2D eigenvalue weighted by Crippen LogP contribution is -2.14. The monoisotopic (exact) mass is 313 g/mol. The fourth-order valence-electron chi connectivity index (χ4n) is 1.68. The number of nitrogens with one attached hydrogen (secondary N) is 1. The standard InChI is InChI=1S/C13H10Cl2FN3O/c14-9-2-1-6(16)3-11(9)19-12-8(13(18)20)4-7(17)5-10(12)15/h1-5,19H,17H2,(H2,18,20). The molecule has 0 atom stereocenters. The summed E-state index contributed by atoms with van der Waals surface area (Å²) >= 11 is 12.0. The van der Waals surface area contributed by atoms with Crippen molar-refractivity contribution in [3.05, 3.63) is 51.8 Å². The minimum absolute atomic E-state index is 0.0929. The van der Waals surface area contributed by atoms with E-state index >= 15 is 0 Å². The Morgan fingerprint density at radius 1 is 1.15 bits per heavy atom. The number of nitrogens with two attached hydrogens (primary N) is 2. The van der Waals surface area contributed by atoms with Gasteiger partial charge in [0, 0.05) is 5.69 Å². The van der Waals surface area contributed by atoms with E-state index in [0.29, 0.717) is 5.69 Å². The maximum absolute atomic E-state index is 13.2. The van der Waals surface area contributed by atoms with Crippen molar-refractivity contribution >= 4 is 46.2 Å². The normalized spacial score (nSPS) is 10.3. The van der Waals surface area contributed by atoms with Crippen LogP contribution in [0.4, 0.5) is 21.5 Å². The quantitative estimate of drug-likeness (QED) is 0.758. The van der Waals surface area contributed by atoms with Crippen LogP contribution in [-0.2, 0) is 0 Å². The molecule has 1 amide bonds. The lowest BCUT2D eigenvalue weighted by molar-refractivity contribution is 0.100. The van der Waals surface area contributed by atoms with E-state index in [4.69, 9.17) is 34.7 Å². The van der Waals surface area contributed by atoms with Gasteiger partial charge in [0.25, 0.3) is 5.91 Å². The minimum atomic E-state index is -0.714. The third-order valence-corrected chi connectivity index (χ3v) is 3.19. The molecule has 0 bridgehead atoms. The van der Waals surface area contributed by atoms with Crippen LogP contribution < -0.4 is 16.8 Å². The predicted molar refractivity (Wildman–Crippen MR) is 79.1 cm³/mol. The Morgan fingerprint density at radius 2 is 1.85 bits per heavy atom. The molecule has 7 heteroatoms. The maximum Gasteiger partial charge on any atom is 0.250 e. The molecule has 0 radical (unpaired) electrons. The Hall–Kier alpha value is -1.98. The smallest absolute Gasteiger partial charge is 0.250 e. The third-order valence-electron chi connectivity index (χ3n) is 2.57. The molecule has 0 unspecified atom stereocenters. The SMILES string of the molecule is NC(=O)c1cc(N)cc(Cl)c1Nc1cc(F)ccc1Cl. The molecule has 0 saturated carbocycles. The first kappa shape index (κ1) is 14.4. The molecule has 104 valence electrons. The van der Waals surface area contributed by atoms with Crippen molar-refractivity contribution in [1.29, 1.82) is 0 Å².